The van der Waals surface area contributed by atoms with Gasteiger partial charge in [0.1, 0.15) is 0 Å². The van der Waals surface area contributed by atoms with Crippen molar-refractivity contribution in [2.45, 2.75) is 62.1 Å². The Morgan fingerprint density at radius 3 is 1.19 bits per heavy atom. The molecule has 0 aromatic heterocycles. The molecule has 0 amide bonds. The van der Waals surface area contributed by atoms with Crippen molar-refractivity contribution in [3.05, 3.63) is 0 Å². The zero-order valence-corrected chi connectivity index (χ0v) is 16.5. The molecule has 0 aromatic carbocycles. The van der Waals surface area contributed by atoms with Gasteiger partial charge in [0.15, 0.2) is 0 Å². The number of hydrogen-bond acceptors (Lipinski definition) is 4. The second kappa shape index (κ2) is 10.8. The largest absolute Gasteiger partial charge is 2.00 e. The average Bonchev–Trinajstić information content (AvgIpc) is 2.40. The van der Waals surface area contributed by atoms with Crippen LogP contribution in [-0.2, 0) is 29.1 Å². The fourth-order valence-corrected chi connectivity index (χ4v) is 3.47. The smallest absolute Gasteiger partial charge is 0.550 e. The number of carbonyl (C=O) groups is 2. The topological polar surface area (TPSA) is 80.3 Å². The molecule has 2 aliphatic carbocycles. The summed E-state index contributed by atoms with van der Waals surface area (Å²) in [5.41, 5.74) is 0. The first-order valence-electron chi connectivity index (χ1n) is 7.13. The van der Waals surface area contributed by atoms with E-state index in [1.807, 2.05) is 0 Å². The van der Waals surface area contributed by atoms with Crippen molar-refractivity contribution < 1.29 is 39.3 Å². The molecule has 0 N–H and O–H groups in total. The number of aliphatic carboxylic acids is 2. The van der Waals surface area contributed by atoms with Gasteiger partial charge in [-0.05, 0) is 25.7 Å². The number of carboxylic acids is 2. The van der Waals surface area contributed by atoms with Crippen LogP contribution in [0.4, 0.5) is 0 Å². The van der Waals surface area contributed by atoms with Crippen molar-refractivity contribution in [2.24, 2.45) is 11.8 Å². The van der Waals surface area contributed by atoms with Crippen LogP contribution in [0.1, 0.15) is 51.4 Å². The Balaban J connectivity index is 0.000000364. The molecule has 2 saturated carbocycles. The molecule has 0 bridgehead atoms. The van der Waals surface area contributed by atoms with Crippen molar-refractivity contribution in [1.29, 1.82) is 0 Å². The minimum absolute atomic E-state index is 0. The van der Waals surface area contributed by atoms with Gasteiger partial charge in [-0.25, -0.2) is 0 Å². The van der Waals surface area contributed by atoms with Crippen LogP contribution in [-0.4, -0.2) is 22.7 Å². The number of halogens is 2. The number of rotatable bonds is 2. The molecule has 21 heavy (non-hydrogen) atoms. The first-order chi connectivity index (χ1) is 9.43. The van der Waals surface area contributed by atoms with Gasteiger partial charge >= 0.3 is 19.5 Å². The van der Waals surface area contributed by atoms with E-state index < -0.39 is 23.8 Å². The van der Waals surface area contributed by atoms with Crippen LogP contribution in [0.15, 0.2) is 0 Å². The van der Waals surface area contributed by atoms with Gasteiger partial charge in [0.05, 0.1) is 0 Å². The fraction of sp³-hybridized carbons (Fsp3) is 0.857. The molecule has 0 radical (unpaired) electrons. The molecule has 4 nitrogen and oxygen atoms in total. The summed E-state index contributed by atoms with van der Waals surface area (Å²) in [6.07, 6.45) is 7.08. The van der Waals surface area contributed by atoms with Crippen molar-refractivity contribution in [3.63, 3.8) is 0 Å². The maximum atomic E-state index is 10.4. The molecule has 0 saturated heterocycles. The van der Waals surface area contributed by atoms with Gasteiger partial charge < -0.3 is 19.8 Å². The molecular formula is C14H20Cl2O4Zn. The molecule has 0 aromatic rings. The van der Waals surface area contributed by atoms with E-state index in [1.165, 1.54) is 0 Å². The van der Waals surface area contributed by atoms with Crippen LogP contribution in [0.3, 0.4) is 0 Å². The molecule has 4 atom stereocenters. The summed E-state index contributed by atoms with van der Waals surface area (Å²) in [6.45, 7) is 0. The second-order valence-electron chi connectivity index (χ2n) is 5.45. The van der Waals surface area contributed by atoms with Gasteiger partial charge in [0.2, 0.25) is 0 Å². The van der Waals surface area contributed by atoms with E-state index >= 15 is 0 Å². The second-order valence-corrected chi connectivity index (χ2v) is 6.57. The summed E-state index contributed by atoms with van der Waals surface area (Å²) in [4.78, 5) is 20.7. The van der Waals surface area contributed by atoms with Crippen LogP contribution in [0.2, 0.25) is 0 Å². The van der Waals surface area contributed by atoms with Crippen LogP contribution < -0.4 is 10.2 Å². The van der Waals surface area contributed by atoms with E-state index in [0.29, 0.717) is 12.8 Å². The minimum Gasteiger partial charge on any atom is -0.550 e. The van der Waals surface area contributed by atoms with Gasteiger partial charge in [-0.1, -0.05) is 25.7 Å². The Morgan fingerprint density at radius 2 is 1.00 bits per heavy atom. The zero-order valence-electron chi connectivity index (χ0n) is 12.1. The molecule has 4 unspecified atom stereocenters. The third-order valence-electron chi connectivity index (χ3n) is 3.97. The van der Waals surface area contributed by atoms with E-state index in [0.717, 1.165) is 38.5 Å². The summed E-state index contributed by atoms with van der Waals surface area (Å²) in [6, 6.07) is 0. The van der Waals surface area contributed by atoms with Crippen molar-refractivity contribution in [3.8, 4) is 0 Å². The van der Waals surface area contributed by atoms with Crippen molar-refractivity contribution in [2.75, 3.05) is 0 Å². The Labute approximate surface area is 148 Å². The zero-order chi connectivity index (χ0) is 15.1. The van der Waals surface area contributed by atoms with Gasteiger partial charge in [-0.15, -0.1) is 23.2 Å². The molecule has 2 fully saturated rings. The number of hydrogen-bond donors (Lipinski definition) is 0. The summed E-state index contributed by atoms with van der Waals surface area (Å²) in [7, 11) is 0. The van der Waals surface area contributed by atoms with E-state index in [9.17, 15) is 19.8 Å². The summed E-state index contributed by atoms with van der Waals surface area (Å²) in [5.74, 6) is -2.79. The molecule has 2 aliphatic rings. The Morgan fingerprint density at radius 1 is 0.714 bits per heavy atom. The van der Waals surface area contributed by atoms with Crippen LogP contribution in [0.25, 0.3) is 0 Å². The molecule has 116 valence electrons. The van der Waals surface area contributed by atoms with Gasteiger partial charge in [-0.2, -0.15) is 0 Å². The van der Waals surface area contributed by atoms with Gasteiger partial charge in [0.25, 0.3) is 0 Å². The molecule has 0 aliphatic heterocycles. The third kappa shape index (κ3) is 7.30. The van der Waals surface area contributed by atoms with Crippen LogP contribution >= 0.6 is 23.2 Å². The predicted octanol–water partition coefficient (Wildman–Crippen LogP) is 1.07. The number of carboxylic acid groups (broad SMARTS) is 2. The van der Waals surface area contributed by atoms with Gasteiger partial charge in [0, 0.05) is 34.5 Å². The average molecular weight is 389 g/mol. The molecule has 0 heterocycles. The Hall–Kier alpha value is 0.143. The number of carbonyl (C=O) groups excluding carboxylic acids is 2. The molecule has 0 spiro atoms. The first-order valence-corrected chi connectivity index (χ1v) is 8.00. The number of alkyl halides is 2. The summed E-state index contributed by atoms with van der Waals surface area (Å²) >= 11 is 11.5. The SMILES string of the molecule is O=C([O-])C1CCCCC1Cl.O=C([O-])C1CCCCC1Cl.[Zn+2]. The maximum Gasteiger partial charge on any atom is 2.00 e. The summed E-state index contributed by atoms with van der Waals surface area (Å²) < 4.78 is 0. The van der Waals surface area contributed by atoms with Crippen LogP contribution in [0.5, 0.6) is 0 Å². The normalized spacial score (nSPS) is 32.1. The van der Waals surface area contributed by atoms with Gasteiger partial charge in [-0.3, -0.25) is 0 Å². The van der Waals surface area contributed by atoms with E-state index in [2.05, 4.69) is 0 Å². The first kappa shape index (κ1) is 21.1. The summed E-state index contributed by atoms with van der Waals surface area (Å²) in [5, 5.41) is 20.3. The standard InChI is InChI=1S/2C7H11ClO2.Zn/c2*8-6-4-2-1-3-5(6)7(9)10;/h2*5-6H,1-4H2,(H,9,10);/q;;+2/p-2. The molecule has 2 rings (SSSR count). The fourth-order valence-electron chi connectivity index (χ4n) is 2.70. The monoisotopic (exact) mass is 386 g/mol. The minimum atomic E-state index is -0.986. The van der Waals surface area contributed by atoms with Crippen molar-refractivity contribution in [1.82, 2.24) is 0 Å². The van der Waals surface area contributed by atoms with E-state index in [4.69, 9.17) is 23.2 Å². The Kier molecular flexibility index (Phi) is 10.9. The molecular weight excluding hydrogens is 368 g/mol. The van der Waals surface area contributed by atoms with Crippen LogP contribution in [0, 0.1) is 11.8 Å². The van der Waals surface area contributed by atoms with E-state index in [-0.39, 0.29) is 30.2 Å². The maximum absolute atomic E-state index is 10.4. The third-order valence-corrected chi connectivity index (χ3v) is 5.01. The Bertz CT molecular complexity index is 309. The van der Waals surface area contributed by atoms with E-state index in [1.54, 1.807) is 0 Å². The quantitative estimate of drug-likeness (QED) is 0.523. The molecule has 7 heteroatoms. The predicted molar refractivity (Wildman–Crippen MR) is 73.2 cm³/mol. The van der Waals surface area contributed by atoms with Crippen molar-refractivity contribution >= 4 is 35.1 Å².